The van der Waals surface area contributed by atoms with Crippen LogP contribution in [0.4, 0.5) is 0 Å². The molecule has 0 radical (unpaired) electrons. The molecule has 2 aliphatic heterocycles. The van der Waals surface area contributed by atoms with Crippen molar-refractivity contribution in [3.8, 4) is 0 Å². The van der Waals surface area contributed by atoms with Crippen LogP contribution in [0.5, 0.6) is 0 Å². The predicted molar refractivity (Wildman–Crippen MR) is 60.5 cm³/mol. The van der Waals surface area contributed by atoms with Crippen molar-refractivity contribution in [2.75, 3.05) is 26.2 Å². The maximum Gasteiger partial charge on any atom is 0.00670 e. The van der Waals surface area contributed by atoms with Gasteiger partial charge in [-0.1, -0.05) is 6.42 Å². The molecule has 2 rings (SSSR count). The Morgan fingerprint density at radius 2 is 2.14 bits per heavy atom. The number of hydrogen-bond donors (Lipinski definition) is 1. The lowest BCUT2D eigenvalue weighted by Crippen LogP contribution is -2.44. The molecule has 14 heavy (non-hydrogen) atoms. The predicted octanol–water partition coefficient (Wildman–Crippen LogP) is 1.86. The summed E-state index contributed by atoms with van der Waals surface area (Å²) in [6.07, 6.45) is 7.11. The van der Waals surface area contributed by atoms with E-state index in [0.717, 1.165) is 12.0 Å². The fourth-order valence-corrected chi connectivity index (χ4v) is 2.84. The third-order valence-electron chi connectivity index (χ3n) is 3.83. The Hall–Kier alpha value is -0.0800. The van der Waals surface area contributed by atoms with E-state index >= 15 is 0 Å². The van der Waals surface area contributed by atoms with Crippen molar-refractivity contribution in [1.29, 1.82) is 0 Å². The zero-order chi connectivity index (χ0) is 9.80. The van der Waals surface area contributed by atoms with Crippen molar-refractivity contribution in [2.45, 2.75) is 45.1 Å². The van der Waals surface area contributed by atoms with Crippen LogP contribution in [0, 0.1) is 5.92 Å². The smallest absolute Gasteiger partial charge is 0.00670 e. The van der Waals surface area contributed by atoms with Gasteiger partial charge in [0.2, 0.25) is 0 Å². The zero-order valence-corrected chi connectivity index (χ0v) is 9.47. The molecule has 2 fully saturated rings. The summed E-state index contributed by atoms with van der Waals surface area (Å²) in [5, 5.41) is 3.51. The highest BCUT2D eigenvalue weighted by atomic mass is 15.2. The molecule has 2 nitrogen and oxygen atoms in total. The Morgan fingerprint density at radius 3 is 2.86 bits per heavy atom. The van der Waals surface area contributed by atoms with Crippen LogP contribution < -0.4 is 5.32 Å². The summed E-state index contributed by atoms with van der Waals surface area (Å²) < 4.78 is 0. The summed E-state index contributed by atoms with van der Waals surface area (Å²) in [7, 11) is 0. The maximum atomic E-state index is 3.51. The molecule has 0 spiro atoms. The molecule has 2 atom stereocenters. The van der Waals surface area contributed by atoms with Gasteiger partial charge in [-0.25, -0.2) is 0 Å². The van der Waals surface area contributed by atoms with Crippen molar-refractivity contribution in [1.82, 2.24) is 10.2 Å². The summed E-state index contributed by atoms with van der Waals surface area (Å²) in [4.78, 5) is 2.71. The van der Waals surface area contributed by atoms with Gasteiger partial charge in [0.15, 0.2) is 0 Å². The topological polar surface area (TPSA) is 15.3 Å². The quantitative estimate of drug-likeness (QED) is 0.725. The first kappa shape index (κ1) is 10.4. The minimum atomic E-state index is 0.839. The second-order valence-electron chi connectivity index (χ2n) is 5.05. The summed E-state index contributed by atoms with van der Waals surface area (Å²) >= 11 is 0. The number of nitrogens with one attached hydrogen (secondary N) is 1. The Kier molecular flexibility index (Phi) is 3.82. The van der Waals surface area contributed by atoms with Gasteiger partial charge in [-0.3, -0.25) is 0 Å². The van der Waals surface area contributed by atoms with Crippen LogP contribution in [0.15, 0.2) is 0 Å². The van der Waals surface area contributed by atoms with E-state index in [1.807, 2.05) is 0 Å². The number of piperidine rings is 2. The molecule has 2 aliphatic rings. The van der Waals surface area contributed by atoms with E-state index < -0.39 is 0 Å². The van der Waals surface area contributed by atoms with Crippen molar-refractivity contribution in [3.05, 3.63) is 0 Å². The Balaban J connectivity index is 1.76. The lowest BCUT2D eigenvalue weighted by molar-refractivity contribution is 0.127. The molecule has 2 heteroatoms. The number of likely N-dealkylation sites (tertiary alicyclic amines) is 1. The molecular weight excluding hydrogens is 172 g/mol. The Labute approximate surface area is 88.1 Å². The van der Waals surface area contributed by atoms with Crippen molar-refractivity contribution >= 4 is 0 Å². The molecule has 82 valence electrons. The van der Waals surface area contributed by atoms with Crippen LogP contribution in [0.1, 0.15) is 39.0 Å². The Bertz CT molecular complexity index is 164. The van der Waals surface area contributed by atoms with Gasteiger partial charge < -0.3 is 10.2 Å². The van der Waals surface area contributed by atoms with E-state index in [1.54, 1.807) is 0 Å². The molecule has 0 amide bonds. The second-order valence-corrected chi connectivity index (χ2v) is 5.05. The molecule has 2 heterocycles. The lowest BCUT2D eigenvalue weighted by Gasteiger charge is -2.37. The highest BCUT2D eigenvalue weighted by molar-refractivity contribution is 4.78. The van der Waals surface area contributed by atoms with Crippen LogP contribution in [0.2, 0.25) is 0 Å². The van der Waals surface area contributed by atoms with Gasteiger partial charge in [0.05, 0.1) is 0 Å². The molecule has 2 saturated heterocycles. The minimum absolute atomic E-state index is 0.839. The van der Waals surface area contributed by atoms with Crippen LogP contribution in [0.3, 0.4) is 0 Å². The number of rotatable bonds is 2. The fraction of sp³-hybridized carbons (Fsp3) is 1.00. The average Bonchev–Trinajstić information content (AvgIpc) is 2.23. The molecule has 0 aromatic carbocycles. The van der Waals surface area contributed by atoms with Gasteiger partial charge in [-0.05, 0) is 58.2 Å². The first-order chi connectivity index (χ1) is 6.86. The third-order valence-corrected chi connectivity index (χ3v) is 3.83. The molecule has 0 unspecified atom stereocenters. The zero-order valence-electron chi connectivity index (χ0n) is 9.47. The minimum Gasteiger partial charge on any atom is -0.316 e. The lowest BCUT2D eigenvalue weighted by atomic mass is 9.96. The fourth-order valence-electron chi connectivity index (χ4n) is 2.84. The molecular formula is C12H24N2. The van der Waals surface area contributed by atoms with E-state index in [2.05, 4.69) is 17.1 Å². The maximum absolute atomic E-state index is 3.51. The van der Waals surface area contributed by atoms with Gasteiger partial charge in [-0.15, -0.1) is 0 Å². The van der Waals surface area contributed by atoms with Gasteiger partial charge in [0.25, 0.3) is 0 Å². The first-order valence-corrected chi connectivity index (χ1v) is 6.31. The van der Waals surface area contributed by atoms with Crippen LogP contribution in [-0.2, 0) is 0 Å². The molecule has 0 aromatic heterocycles. The van der Waals surface area contributed by atoms with Gasteiger partial charge >= 0.3 is 0 Å². The summed E-state index contributed by atoms with van der Waals surface area (Å²) in [6.45, 7) is 7.58. The van der Waals surface area contributed by atoms with Gasteiger partial charge in [0, 0.05) is 12.6 Å². The SMILES string of the molecule is C[C@H]1CCCCN1C[C@@H]1CCCNC1. The highest BCUT2D eigenvalue weighted by Gasteiger charge is 2.22. The molecule has 0 aliphatic carbocycles. The van der Waals surface area contributed by atoms with Gasteiger partial charge in [0.1, 0.15) is 0 Å². The molecule has 1 N–H and O–H groups in total. The standard InChI is InChI=1S/C12H24N2/c1-11-5-2-3-8-14(11)10-12-6-4-7-13-9-12/h11-13H,2-10H2,1H3/t11-,12+/m0/s1. The summed E-state index contributed by atoms with van der Waals surface area (Å²) in [5.41, 5.74) is 0. The van der Waals surface area contributed by atoms with E-state index in [0.29, 0.717) is 0 Å². The van der Waals surface area contributed by atoms with Crippen LogP contribution in [-0.4, -0.2) is 37.1 Å². The summed E-state index contributed by atoms with van der Waals surface area (Å²) in [6, 6.07) is 0.839. The largest absolute Gasteiger partial charge is 0.316 e. The van der Waals surface area contributed by atoms with E-state index in [9.17, 15) is 0 Å². The van der Waals surface area contributed by atoms with E-state index in [4.69, 9.17) is 0 Å². The second kappa shape index (κ2) is 5.13. The number of nitrogens with zero attached hydrogens (tertiary/aromatic N) is 1. The third kappa shape index (κ3) is 2.71. The van der Waals surface area contributed by atoms with E-state index in [-0.39, 0.29) is 0 Å². The normalized spacial score (nSPS) is 35.8. The molecule has 0 aromatic rings. The van der Waals surface area contributed by atoms with Gasteiger partial charge in [-0.2, -0.15) is 0 Å². The van der Waals surface area contributed by atoms with Crippen molar-refractivity contribution < 1.29 is 0 Å². The first-order valence-electron chi connectivity index (χ1n) is 6.31. The summed E-state index contributed by atoms with van der Waals surface area (Å²) in [5.74, 6) is 0.921. The highest BCUT2D eigenvalue weighted by Crippen LogP contribution is 2.20. The molecule has 0 saturated carbocycles. The number of hydrogen-bond acceptors (Lipinski definition) is 2. The Morgan fingerprint density at radius 1 is 1.21 bits per heavy atom. The van der Waals surface area contributed by atoms with Crippen molar-refractivity contribution in [3.63, 3.8) is 0 Å². The van der Waals surface area contributed by atoms with Crippen molar-refractivity contribution in [2.24, 2.45) is 5.92 Å². The monoisotopic (exact) mass is 196 g/mol. The van der Waals surface area contributed by atoms with E-state index in [1.165, 1.54) is 58.3 Å². The van der Waals surface area contributed by atoms with Crippen LogP contribution in [0.25, 0.3) is 0 Å². The molecule has 0 bridgehead atoms. The van der Waals surface area contributed by atoms with Crippen LogP contribution >= 0.6 is 0 Å². The average molecular weight is 196 g/mol.